The third-order valence-electron chi connectivity index (χ3n) is 5.46. The summed E-state index contributed by atoms with van der Waals surface area (Å²) in [6, 6.07) is 10.8. The maximum absolute atomic E-state index is 4.31. The Kier molecular flexibility index (Phi) is 4.35. The molecule has 8 heteroatoms. The predicted octanol–water partition coefficient (Wildman–Crippen LogP) is 0.950. The normalized spacial score (nSPS) is 20.1. The van der Waals surface area contributed by atoms with Crippen LogP contribution in [-0.2, 0) is 6.54 Å². The van der Waals surface area contributed by atoms with Gasteiger partial charge < -0.3 is 4.90 Å². The molecular formula is C19H24N8. The van der Waals surface area contributed by atoms with E-state index in [1.165, 1.54) is 24.1 Å². The summed E-state index contributed by atoms with van der Waals surface area (Å²) in [6.07, 6.45) is 4.35. The maximum Gasteiger partial charge on any atom is 0.172 e. The van der Waals surface area contributed by atoms with E-state index in [4.69, 9.17) is 0 Å². The summed E-state index contributed by atoms with van der Waals surface area (Å²) >= 11 is 0. The van der Waals surface area contributed by atoms with Gasteiger partial charge in [-0.1, -0.05) is 6.07 Å². The molecule has 5 rings (SSSR count). The van der Waals surface area contributed by atoms with Gasteiger partial charge in [-0.2, -0.15) is 10.2 Å². The number of hydrazone groups is 1. The molecule has 27 heavy (non-hydrogen) atoms. The van der Waals surface area contributed by atoms with Crippen molar-refractivity contribution >= 4 is 11.5 Å². The van der Waals surface area contributed by atoms with E-state index >= 15 is 0 Å². The van der Waals surface area contributed by atoms with Crippen LogP contribution in [0.3, 0.4) is 0 Å². The molecule has 0 atom stereocenters. The molecule has 1 saturated carbocycles. The Hall–Kier alpha value is -2.71. The number of aromatic nitrogens is 2. The second-order valence-electron chi connectivity index (χ2n) is 7.35. The van der Waals surface area contributed by atoms with Gasteiger partial charge in [0.15, 0.2) is 5.84 Å². The number of benzene rings is 1. The van der Waals surface area contributed by atoms with Crippen molar-refractivity contribution in [3.63, 3.8) is 0 Å². The summed E-state index contributed by atoms with van der Waals surface area (Å²) in [7, 11) is 0. The molecule has 1 aliphatic carbocycles. The first-order chi connectivity index (χ1) is 13.4. The first kappa shape index (κ1) is 16.5. The van der Waals surface area contributed by atoms with Gasteiger partial charge in [0.25, 0.3) is 0 Å². The zero-order chi connectivity index (χ0) is 18.1. The highest BCUT2D eigenvalue weighted by Crippen LogP contribution is 2.42. The second-order valence-corrected chi connectivity index (χ2v) is 7.35. The van der Waals surface area contributed by atoms with E-state index in [0.717, 1.165) is 55.7 Å². The van der Waals surface area contributed by atoms with Crippen LogP contribution in [-0.4, -0.2) is 47.1 Å². The number of nitrogens with one attached hydrogen (secondary N) is 3. The van der Waals surface area contributed by atoms with Crippen molar-refractivity contribution in [2.24, 2.45) is 5.10 Å². The molecule has 0 spiro atoms. The van der Waals surface area contributed by atoms with Gasteiger partial charge in [0.05, 0.1) is 5.69 Å². The average Bonchev–Trinajstić information content (AvgIpc) is 3.43. The van der Waals surface area contributed by atoms with Gasteiger partial charge in [-0.15, -0.1) is 10.6 Å². The molecule has 0 unspecified atom stereocenters. The van der Waals surface area contributed by atoms with E-state index in [9.17, 15) is 0 Å². The fraction of sp³-hybridized carbons (Fsp3) is 0.421. The third kappa shape index (κ3) is 3.58. The summed E-state index contributed by atoms with van der Waals surface area (Å²) in [4.78, 5) is 4.93. The van der Waals surface area contributed by atoms with Crippen LogP contribution >= 0.6 is 0 Å². The summed E-state index contributed by atoms with van der Waals surface area (Å²) in [5.74, 6) is 1.58. The molecule has 140 valence electrons. The van der Waals surface area contributed by atoms with E-state index in [0.29, 0.717) is 0 Å². The molecule has 0 radical (unpaired) electrons. The van der Waals surface area contributed by atoms with Crippen molar-refractivity contribution < 1.29 is 0 Å². The van der Waals surface area contributed by atoms with Crippen molar-refractivity contribution in [2.45, 2.75) is 25.3 Å². The number of hydrazine groups is 2. The van der Waals surface area contributed by atoms with Crippen LogP contribution in [0.5, 0.6) is 0 Å². The minimum Gasteiger partial charge on any atom is -0.368 e. The van der Waals surface area contributed by atoms with Crippen LogP contribution in [0.15, 0.2) is 41.6 Å². The molecule has 3 N–H and O–H groups in total. The maximum atomic E-state index is 4.31. The Morgan fingerprint density at radius 1 is 1.07 bits per heavy atom. The Morgan fingerprint density at radius 2 is 1.96 bits per heavy atom. The number of nitrogens with zero attached hydrogens (tertiary/aromatic N) is 5. The highest BCUT2D eigenvalue weighted by atomic mass is 15.8. The lowest BCUT2D eigenvalue weighted by Crippen LogP contribution is -2.46. The number of anilines is 1. The number of amidine groups is 1. The van der Waals surface area contributed by atoms with Crippen molar-refractivity contribution in [2.75, 3.05) is 31.1 Å². The largest absolute Gasteiger partial charge is 0.368 e. The van der Waals surface area contributed by atoms with Crippen LogP contribution in [0.4, 0.5) is 5.69 Å². The first-order valence-corrected chi connectivity index (χ1v) is 9.59. The van der Waals surface area contributed by atoms with Crippen LogP contribution in [0, 0.1) is 0 Å². The zero-order valence-electron chi connectivity index (χ0n) is 15.2. The highest BCUT2D eigenvalue weighted by molar-refractivity contribution is 6.04. The molecule has 1 aromatic carbocycles. The molecule has 0 bridgehead atoms. The van der Waals surface area contributed by atoms with Gasteiger partial charge in [-0.3, -0.25) is 10.3 Å². The summed E-state index contributed by atoms with van der Waals surface area (Å²) < 4.78 is 0. The quantitative estimate of drug-likeness (QED) is 0.729. The molecular weight excluding hydrogens is 340 g/mol. The Balaban J connectivity index is 1.33. The topological polar surface area (TPSA) is 80.7 Å². The minimum absolute atomic E-state index is 0.741. The molecule has 2 aromatic rings. The number of piperazine rings is 1. The van der Waals surface area contributed by atoms with Gasteiger partial charge in [0.2, 0.25) is 0 Å². The van der Waals surface area contributed by atoms with Crippen molar-refractivity contribution in [3.8, 4) is 0 Å². The van der Waals surface area contributed by atoms with Gasteiger partial charge in [0, 0.05) is 50.2 Å². The van der Waals surface area contributed by atoms with Crippen LogP contribution in [0.2, 0.25) is 0 Å². The standard InChI is InChI=1S/C19H24N8/c1-2-16(21-20-7-1)13-26-8-10-27(11-9-26)18-12-15(14-3-4-14)5-6-17(18)19-22-24-25-23-19/h1-2,5-7,12,14,24-25H,3-4,8-11,13H2,(H,22,23). The highest BCUT2D eigenvalue weighted by Gasteiger charge is 2.27. The average molecular weight is 364 g/mol. The van der Waals surface area contributed by atoms with Crippen LogP contribution in [0.25, 0.3) is 0 Å². The lowest BCUT2D eigenvalue weighted by molar-refractivity contribution is 0.246. The lowest BCUT2D eigenvalue weighted by Gasteiger charge is -2.37. The Morgan fingerprint density at radius 3 is 2.67 bits per heavy atom. The smallest absolute Gasteiger partial charge is 0.172 e. The van der Waals surface area contributed by atoms with Crippen molar-refractivity contribution in [3.05, 3.63) is 53.3 Å². The number of hydrogen-bond acceptors (Lipinski definition) is 8. The fourth-order valence-corrected chi connectivity index (χ4v) is 3.80. The Labute approximate surface area is 158 Å². The molecule has 3 heterocycles. The Bertz CT molecular complexity index is 825. The molecule has 1 aromatic heterocycles. The summed E-state index contributed by atoms with van der Waals surface area (Å²) in [5, 5.41) is 12.5. The third-order valence-corrected chi connectivity index (χ3v) is 5.46. The van der Waals surface area contributed by atoms with Gasteiger partial charge >= 0.3 is 0 Å². The molecule has 2 fully saturated rings. The molecule has 3 aliphatic rings. The van der Waals surface area contributed by atoms with Crippen molar-refractivity contribution in [1.82, 2.24) is 31.6 Å². The molecule has 2 aliphatic heterocycles. The molecule has 1 saturated heterocycles. The van der Waals surface area contributed by atoms with Crippen LogP contribution < -0.4 is 21.4 Å². The van der Waals surface area contributed by atoms with Gasteiger partial charge in [-0.25, -0.2) is 5.53 Å². The summed E-state index contributed by atoms with van der Waals surface area (Å²) in [6.45, 7) is 4.88. The van der Waals surface area contributed by atoms with E-state index in [1.54, 1.807) is 6.20 Å². The van der Waals surface area contributed by atoms with Crippen molar-refractivity contribution in [1.29, 1.82) is 0 Å². The molecule has 0 amide bonds. The minimum atomic E-state index is 0.741. The lowest BCUT2D eigenvalue weighted by atomic mass is 10.0. The van der Waals surface area contributed by atoms with E-state index in [1.807, 2.05) is 12.1 Å². The van der Waals surface area contributed by atoms with Gasteiger partial charge in [0.1, 0.15) is 0 Å². The number of hydrogen-bond donors (Lipinski definition) is 3. The van der Waals surface area contributed by atoms with Gasteiger partial charge in [-0.05, 0) is 48.6 Å². The van der Waals surface area contributed by atoms with E-state index in [-0.39, 0.29) is 0 Å². The fourth-order valence-electron chi connectivity index (χ4n) is 3.80. The second kappa shape index (κ2) is 7.13. The van der Waals surface area contributed by atoms with E-state index < -0.39 is 0 Å². The molecule has 8 nitrogen and oxygen atoms in total. The summed E-state index contributed by atoms with van der Waals surface area (Å²) in [5.41, 5.74) is 13.6. The monoisotopic (exact) mass is 364 g/mol. The zero-order valence-corrected chi connectivity index (χ0v) is 15.2. The first-order valence-electron chi connectivity index (χ1n) is 9.59. The number of rotatable bonds is 5. The predicted molar refractivity (Wildman–Crippen MR) is 104 cm³/mol. The van der Waals surface area contributed by atoms with Crippen LogP contribution in [0.1, 0.15) is 35.6 Å². The van der Waals surface area contributed by atoms with E-state index in [2.05, 4.69) is 59.8 Å². The SMILES string of the molecule is c1cnnc(CN2CCN(c3cc(C4CC4)ccc3C3=NNNN3)CC2)c1.